The molecule has 3 aliphatic rings. The molecule has 3 fully saturated rings. The van der Waals surface area contributed by atoms with Gasteiger partial charge >= 0.3 is 0 Å². The number of carbonyl (C=O) groups excluding carboxylic acids is 1. The van der Waals surface area contributed by atoms with Crippen molar-refractivity contribution >= 4 is 5.91 Å². The lowest BCUT2D eigenvalue weighted by Gasteiger charge is -2.39. The van der Waals surface area contributed by atoms with Crippen LogP contribution < -0.4 is 5.32 Å². The molecule has 0 spiro atoms. The predicted octanol–water partition coefficient (Wildman–Crippen LogP) is 2.36. The SMILES string of the molecule is O=C1N(CCC2CCCCC2)CCCC1(O)CNCc1nc(C2CC2)no1. The van der Waals surface area contributed by atoms with Crippen LogP contribution in [0.4, 0.5) is 0 Å². The van der Waals surface area contributed by atoms with E-state index in [1.54, 1.807) is 0 Å². The lowest BCUT2D eigenvalue weighted by molar-refractivity contribution is -0.156. The van der Waals surface area contributed by atoms with Crippen LogP contribution in [0.2, 0.25) is 0 Å². The molecule has 27 heavy (non-hydrogen) atoms. The second kappa shape index (κ2) is 8.27. The zero-order valence-corrected chi connectivity index (χ0v) is 16.2. The molecular formula is C20H32N4O3. The van der Waals surface area contributed by atoms with Gasteiger partial charge in [-0.1, -0.05) is 37.3 Å². The molecule has 4 rings (SSSR count). The molecular weight excluding hydrogens is 344 g/mol. The van der Waals surface area contributed by atoms with Crippen molar-refractivity contribution in [3.8, 4) is 0 Å². The number of likely N-dealkylation sites (tertiary alicyclic amines) is 1. The maximum atomic E-state index is 12.8. The molecule has 2 saturated carbocycles. The van der Waals surface area contributed by atoms with Gasteiger partial charge in [-0.25, -0.2) is 0 Å². The standard InChI is InChI=1S/C20H32N4O3/c25-19-20(26,14-21-13-17-22-18(23-27-17)16-7-8-16)10-4-11-24(19)12-9-15-5-2-1-3-6-15/h15-16,21,26H,1-14H2. The van der Waals surface area contributed by atoms with Crippen LogP contribution in [0.1, 0.15) is 81.8 Å². The lowest BCUT2D eigenvalue weighted by atomic mass is 9.86. The van der Waals surface area contributed by atoms with Gasteiger partial charge in [-0.15, -0.1) is 0 Å². The van der Waals surface area contributed by atoms with Gasteiger partial charge in [-0.2, -0.15) is 4.98 Å². The number of nitrogens with one attached hydrogen (secondary N) is 1. The summed E-state index contributed by atoms with van der Waals surface area (Å²) < 4.78 is 5.24. The highest BCUT2D eigenvalue weighted by molar-refractivity contribution is 5.86. The summed E-state index contributed by atoms with van der Waals surface area (Å²) in [5.41, 5.74) is -1.32. The van der Waals surface area contributed by atoms with Crippen molar-refractivity contribution in [3.05, 3.63) is 11.7 Å². The number of aromatic nitrogens is 2. The Hall–Kier alpha value is -1.47. The molecule has 150 valence electrons. The van der Waals surface area contributed by atoms with E-state index in [4.69, 9.17) is 4.52 Å². The zero-order chi connectivity index (χ0) is 18.7. The zero-order valence-electron chi connectivity index (χ0n) is 16.2. The molecule has 1 amide bonds. The minimum Gasteiger partial charge on any atom is -0.379 e. The van der Waals surface area contributed by atoms with Gasteiger partial charge in [0.15, 0.2) is 11.4 Å². The molecule has 0 radical (unpaired) electrons. The molecule has 1 atom stereocenters. The number of aliphatic hydroxyl groups is 1. The molecule has 2 N–H and O–H groups in total. The van der Waals surface area contributed by atoms with Crippen LogP contribution in [0, 0.1) is 5.92 Å². The van der Waals surface area contributed by atoms with Crippen molar-refractivity contribution in [2.75, 3.05) is 19.6 Å². The van der Waals surface area contributed by atoms with Gasteiger partial charge in [-0.05, 0) is 38.0 Å². The van der Waals surface area contributed by atoms with Gasteiger partial charge in [0.05, 0.1) is 6.54 Å². The molecule has 1 saturated heterocycles. The van der Waals surface area contributed by atoms with Crippen LogP contribution in [-0.2, 0) is 11.3 Å². The fraction of sp³-hybridized carbons (Fsp3) is 0.850. The number of carbonyl (C=O) groups is 1. The van der Waals surface area contributed by atoms with E-state index in [2.05, 4.69) is 15.5 Å². The summed E-state index contributed by atoms with van der Waals surface area (Å²) in [6, 6.07) is 0. The fourth-order valence-electron chi connectivity index (χ4n) is 4.48. The molecule has 2 heterocycles. The molecule has 1 aromatic rings. The van der Waals surface area contributed by atoms with Gasteiger partial charge in [0.2, 0.25) is 5.89 Å². The molecule has 1 aromatic heterocycles. The average Bonchev–Trinajstić information content (AvgIpc) is 3.43. The first-order valence-corrected chi connectivity index (χ1v) is 10.7. The van der Waals surface area contributed by atoms with Crippen LogP contribution in [0.15, 0.2) is 4.52 Å². The second-order valence-corrected chi connectivity index (χ2v) is 8.64. The maximum absolute atomic E-state index is 12.8. The predicted molar refractivity (Wildman–Crippen MR) is 99.9 cm³/mol. The highest BCUT2D eigenvalue weighted by atomic mass is 16.5. The third kappa shape index (κ3) is 4.69. The number of amides is 1. The second-order valence-electron chi connectivity index (χ2n) is 8.64. The van der Waals surface area contributed by atoms with Crippen molar-refractivity contribution < 1.29 is 14.4 Å². The summed E-state index contributed by atoms with van der Waals surface area (Å²) in [5.74, 6) is 2.40. The van der Waals surface area contributed by atoms with Gasteiger partial charge in [0, 0.05) is 25.6 Å². The van der Waals surface area contributed by atoms with Gasteiger partial charge in [0.25, 0.3) is 5.91 Å². The molecule has 2 aliphatic carbocycles. The van der Waals surface area contributed by atoms with Crippen LogP contribution in [0.5, 0.6) is 0 Å². The first-order chi connectivity index (χ1) is 13.1. The van der Waals surface area contributed by atoms with E-state index in [-0.39, 0.29) is 12.5 Å². The summed E-state index contributed by atoms with van der Waals surface area (Å²) in [5, 5.41) is 18.0. The van der Waals surface area contributed by atoms with Crippen molar-refractivity contribution in [1.82, 2.24) is 20.4 Å². The molecule has 1 unspecified atom stereocenters. The monoisotopic (exact) mass is 376 g/mol. The molecule has 0 aromatic carbocycles. The number of piperidine rings is 1. The number of rotatable bonds is 8. The van der Waals surface area contributed by atoms with Gasteiger partial charge in [-0.3, -0.25) is 4.79 Å². The third-order valence-corrected chi connectivity index (χ3v) is 6.36. The minimum absolute atomic E-state index is 0.124. The van der Waals surface area contributed by atoms with Crippen molar-refractivity contribution in [2.24, 2.45) is 5.92 Å². The van der Waals surface area contributed by atoms with E-state index in [9.17, 15) is 9.90 Å². The van der Waals surface area contributed by atoms with E-state index >= 15 is 0 Å². The molecule has 7 nitrogen and oxygen atoms in total. The number of nitrogens with zero attached hydrogens (tertiary/aromatic N) is 3. The summed E-state index contributed by atoms with van der Waals surface area (Å²) in [4.78, 5) is 19.1. The van der Waals surface area contributed by atoms with E-state index in [0.717, 1.165) is 50.5 Å². The fourth-order valence-corrected chi connectivity index (χ4v) is 4.48. The molecule has 7 heteroatoms. The third-order valence-electron chi connectivity index (χ3n) is 6.36. The first-order valence-electron chi connectivity index (χ1n) is 10.7. The largest absolute Gasteiger partial charge is 0.379 e. The quantitative estimate of drug-likeness (QED) is 0.724. The normalized spacial score (nSPS) is 27.3. The average molecular weight is 377 g/mol. The van der Waals surface area contributed by atoms with Crippen LogP contribution >= 0.6 is 0 Å². The van der Waals surface area contributed by atoms with E-state index in [1.807, 2.05) is 4.90 Å². The summed E-state index contributed by atoms with van der Waals surface area (Å²) in [7, 11) is 0. The maximum Gasteiger partial charge on any atom is 0.255 e. The topological polar surface area (TPSA) is 91.5 Å². The van der Waals surface area contributed by atoms with E-state index in [1.165, 1.54) is 32.1 Å². The molecule has 1 aliphatic heterocycles. The van der Waals surface area contributed by atoms with Gasteiger partial charge in [0.1, 0.15) is 0 Å². The lowest BCUT2D eigenvalue weighted by Crippen LogP contribution is -2.58. The summed E-state index contributed by atoms with van der Waals surface area (Å²) >= 11 is 0. The number of hydrogen-bond donors (Lipinski definition) is 2. The Morgan fingerprint density at radius 3 is 2.78 bits per heavy atom. The Kier molecular flexibility index (Phi) is 5.78. The van der Waals surface area contributed by atoms with Crippen LogP contribution in [0.25, 0.3) is 0 Å². The Bertz CT molecular complexity index is 639. The van der Waals surface area contributed by atoms with Crippen LogP contribution in [-0.4, -0.2) is 51.3 Å². The molecule has 0 bridgehead atoms. The van der Waals surface area contributed by atoms with Crippen LogP contribution in [0.3, 0.4) is 0 Å². The highest BCUT2D eigenvalue weighted by Crippen LogP contribution is 2.38. The van der Waals surface area contributed by atoms with Crippen molar-refractivity contribution in [1.29, 1.82) is 0 Å². The minimum atomic E-state index is -1.32. The summed E-state index contributed by atoms with van der Waals surface area (Å²) in [6.07, 6.45) is 11.3. The highest BCUT2D eigenvalue weighted by Gasteiger charge is 2.41. The Morgan fingerprint density at radius 1 is 1.19 bits per heavy atom. The van der Waals surface area contributed by atoms with E-state index < -0.39 is 5.60 Å². The summed E-state index contributed by atoms with van der Waals surface area (Å²) in [6.45, 7) is 2.16. The Balaban J connectivity index is 1.24. The van der Waals surface area contributed by atoms with Crippen molar-refractivity contribution in [2.45, 2.75) is 82.3 Å². The van der Waals surface area contributed by atoms with Crippen molar-refractivity contribution in [3.63, 3.8) is 0 Å². The Labute approximate surface area is 160 Å². The smallest absolute Gasteiger partial charge is 0.255 e. The van der Waals surface area contributed by atoms with Gasteiger partial charge < -0.3 is 19.8 Å². The Morgan fingerprint density at radius 2 is 2.00 bits per heavy atom. The number of hydrogen-bond acceptors (Lipinski definition) is 6. The van der Waals surface area contributed by atoms with E-state index in [0.29, 0.717) is 24.8 Å². The first kappa shape index (κ1) is 18.9.